The van der Waals surface area contributed by atoms with Crippen molar-refractivity contribution in [3.05, 3.63) is 59.0 Å². The van der Waals surface area contributed by atoms with E-state index in [1.807, 2.05) is 30.3 Å². The average molecular weight is 337 g/mol. The van der Waals surface area contributed by atoms with Gasteiger partial charge in [0.25, 0.3) is 5.91 Å². The predicted molar refractivity (Wildman–Crippen MR) is 94.0 cm³/mol. The van der Waals surface area contributed by atoms with E-state index in [0.717, 1.165) is 16.7 Å². The molecule has 120 valence electrons. The molecule has 0 fully saturated rings. The molecule has 1 aromatic heterocycles. The molecule has 1 aliphatic rings. The van der Waals surface area contributed by atoms with E-state index in [0.29, 0.717) is 12.1 Å². The van der Waals surface area contributed by atoms with Gasteiger partial charge in [0.15, 0.2) is 0 Å². The molecule has 0 bridgehead atoms. The van der Waals surface area contributed by atoms with Crippen molar-refractivity contribution in [3.63, 3.8) is 0 Å². The lowest BCUT2D eigenvalue weighted by Crippen LogP contribution is -2.30. The Labute approximate surface area is 143 Å². The van der Waals surface area contributed by atoms with Crippen molar-refractivity contribution in [2.45, 2.75) is 6.54 Å². The molecule has 5 heteroatoms. The second-order valence-corrected chi connectivity index (χ2v) is 6.67. The van der Waals surface area contributed by atoms with Crippen LogP contribution in [0.4, 0.5) is 0 Å². The third kappa shape index (κ3) is 2.37. The van der Waals surface area contributed by atoms with Gasteiger partial charge in [-0.25, -0.2) is 0 Å². The Hall–Kier alpha value is -2.66. The summed E-state index contributed by atoms with van der Waals surface area (Å²) >= 11 is 1.70. The SMILES string of the molecule is COC(=O)CN1Cc2ccc(-c3csc4ccccc34)cc2C1=O. The van der Waals surface area contributed by atoms with Gasteiger partial charge in [-0.2, -0.15) is 0 Å². The molecular formula is C19H15NO3S. The van der Waals surface area contributed by atoms with Gasteiger partial charge in [-0.05, 0) is 28.6 Å². The maximum absolute atomic E-state index is 12.6. The Kier molecular flexibility index (Phi) is 3.58. The van der Waals surface area contributed by atoms with Gasteiger partial charge in [0.2, 0.25) is 0 Å². The molecule has 2 heterocycles. The van der Waals surface area contributed by atoms with Crippen molar-refractivity contribution in [2.24, 2.45) is 0 Å². The number of hydrogen-bond donors (Lipinski definition) is 0. The van der Waals surface area contributed by atoms with Crippen molar-refractivity contribution < 1.29 is 14.3 Å². The lowest BCUT2D eigenvalue weighted by molar-refractivity contribution is -0.141. The third-order valence-electron chi connectivity index (χ3n) is 4.33. The minimum Gasteiger partial charge on any atom is -0.468 e. The number of hydrogen-bond acceptors (Lipinski definition) is 4. The minimum absolute atomic E-state index is 0.0132. The van der Waals surface area contributed by atoms with Crippen molar-refractivity contribution >= 4 is 33.3 Å². The highest BCUT2D eigenvalue weighted by molar-refractivity contribution is 7.17. The van der Waals surface area contributed by atoms with Gasteiger partial charge in [0.1, 0.15) is 6.54 Å². The van der Waals surface area contributed by atoms with Gasteiger partial charge in [-0.1, -0.05) is 30.3 Å². The van der Waals surface area contributed by atoms with Crippen LogP contribution in [0.3, 0.4) is 0 Å². The number of methoxy groups -OCH3 is 1. The molecule has 0 N–H and O–H groups in total. The van der Waals surface area contributed by atoms with Crippen molar-refractivity contribution in [1.82, 2.24) is 4.90 Å². The number of benzene rings is 2. The smallest absolute Gasteiger partial charge is 0.325 e. The number of carbonyl (C=O) groups excluding carboxylic acids is 2. The average Bonchev–Trinajstić information content (AvgIpc) is 3.16. The topological polar surface area (TPSA) is 46.6 Å². The fraction of sp³-hybridized carbons (Fsp3) is 0.158. The Morgan fingerprint density at radius 1 is 1.21 bits per heavy atom. The Balaban J connectivity index is 1.71. The molecule has 1 aliphatic heterocycles. The molecule has 2 aromatic carbocycles. The molecule has 24 heavy (non-hydrogen) atoms. The van der Waals surface area contributed by atoms with Gasteiger partial charge >= 0.3 is 5.97 Å². The van der Waals surface area contributed by atoms with E-state index in [2.05, 4.69) is 22.2 Å². The molecule has 0 saturated carbocycles. The summed E-state index contributed by atoms with van der Waals surface area (Å²) < 4.78 is 5.89. The number of rotatable bonds is 3. The van der Waals surface area contributed by atoms with Gasteiger partial charge in [-0.15, -0.1) is 11.3 Å². The summed E-state index contributed by atoms with van der Waals surface area (Å²) in [6.45, 7) is 0.439. The van der Waals surface area contributed by atoms with Crippen molar-refractivity contribution in [3.8, 4) is 11.1 Å². The number of thiophene rings is 1. The molecule has 4 rings (SSSR count). The normalized spacial score (nSPS) is 13.4. The quantitative estimate of drug-likeness (QED) is 0.685. The Bertz CT molecular complexity index is 960. The first-order chi connectivity index (χ1) is 11.7. The molecule has 0 spiro atoms. The highest BCUT2D eigenvalue weighted by Gasteiger charge is 2.29. The molecule has 3 aromatic rings. The zero-order valence-electron chi connectivity index (χ0n) is 13.1. The number of nitrogens with zero attached hydrogens (tertiary/aromatic N) is 1. The lowest BCUT2D eigenvalue weighted by Gasteiger charge is -2.13. The first-order valence-electron chi connectivity index (χ1n) is 7.63. The maximum Gasteiger partial charge on any atom is 0.325 e. The van der Waals surface area contributed by atoms with Gasteiger partial charge < -0.3 is 9.64 Å². The number of esters is 1. The van der Waals surface area contributed by atoms with Crippen LogP contribution in [0.5, 0.6) is 0 Å². The molecule has 1 amide bonds. The van der Waals surface area contributed by atoms with Gasteiger partial charge in [-0.3, -0.25) is 9.59 Å². The lowest BCUT2D eigenvalue weighted by atomic mass is 10.00. The van der Waals surface area contributed by atoms with Crippen molar-refractivity contribution in [2.75, 3.05) is 13.7 Å². The third-order valence-corrected chi connectivity index (χ3v) is 5.29. The minimum atomic E-state index is -0.403. The second-order valence-electron chi connectivity index (χ2n) is 5.75. The maximum atomic E-state index is 12.6. The van der Waals surface area contributed by atoms with Crippen LogP contribution in [-0.4, -0.2) is 30.4 Å². The summed E-state index contributed by atoms with van der Waals surface area (Å²) in [5, 5.41) is 3.32. The van der Waals surface area contributed by atoms with E-state index >= 15 is 0 Å². The summed E-state index contributed by atoms with van der Waals surface area (Å²) in [4.78, 5) is 25.5. The summed E-state index contributed by atoms with van der Waals surface area (Å²) in [6.07, 6.45) is 0. The number of carbonyl (C=O) groups is 2. The zero-order valence-corrected chi connectivity index (χ0v) is 13.9. The largest absolute Gasteiger partial charge is 0.468 e. The molecule has 4 nitrogen and oxygen atoms in total. The van der Waals surface area contributed by atoms with Crippen LogP contribution in [0.1, 0.15) is 15.9 Å². The van der Waals surface area contributed by atoms with E-state index < -0.39 is 5.97 Å². The first kappa shape index (κ1) is 14.9. The zero-order chi connectivity index (χ0) is 16.7. The van der Waals surface area contributed by atoms with Crippen LogP contribution in [0.2, 0.25) is 0 Å². The van der Waals surface area contributed by atoms with Crippen LogP contribution in [-0.2, 0) is 16.1 Å². The van der Waals surface area contributed by atoms with E-state index in [1.165, 1.54) is 22.1 Å². The Morgan fingerprint density at radius 3 is 2.88 bits per heavy atom. The highest BCUT2D eigenvalue weighted by Crippen LogP contribution is 2.36. The van der Waals surface area contributed by atoms with Gasteiger partial charge in [0, 0.05) is 27.8 Å². The summed E-state index contributed by atoms with van der Waals surface area (Å²) in [5.74, 6) is -0.517. The molecule has 0 unspecified atom stereocenters. The van der Waals surface area contributed by atoms with E-state index in [4.69, 9.17) is 0 Å². The number of amides is 1. The van der Waals surface area contributed by atoms with Crippen LogP contribution in [0.15, 0.2) is 47.8 Å². The first-order valence-corrected chi connectivity index (χ1v) is 8.51. The summed E-state index contributed by atoms with van der Waals surface area (Å²) in [7, 11) is 1.33. The monoisotopic (exact) mass is 337 g/mol. The molecular weight excluding hydrogens is 322 g/mol. The van der Waals surface area contributed by atoms with E-state index in [-0.39, 0.29) is 12.5 Å². The standard InChI is InChI=1S/C19H15NO3S/c1-23-18(21)10-20-9-13-7-6-12(8-15(13)19(20)22)16-11-24-17-5-3-2-4-14(16)17/h2-8,11H,9-10H2,1H3. The van der Waals surface area contributed by atoms with Crippen LogP contribution < -0.4 is 0 Å². The van der Waals surface area contributed by atoms with Crippen LogP contribution in [0, 0.1) is 0 Å². The van der Waals surface area contributed by atoms with E-state index in [1.54, 1.807) is 11.3 Å². The number of ether oxygens (including phenoxy) is 1. The Morgan fingerprint density at radius 2 is 2.04 bits per heavy atom. The predicted octanol–water partition coefficient (Wildman–Crippen LogP) is 3.70. The highest BCUT2D eigenvalue weighted by atomic mass is 32.1. The van der Waals surface area contributed by atoms with Crippen molar-refractivity contribution in [1.29, 1.82) is 0 Å². The number of fused-ring (bicyclic) bond motifs is 2. The van der Waals surface area contributed by atoms with Crippen LogP contribution >= 0.6 is 11.3 Å². The van der Waals surface area contributed by atoms with E-state index in [9.17, 15) is 9.59 Å². The molecule has 0 aliphatic carbocycles. The van der Waals surface area contributed by atoms with Crippen LogP contribution in [0.25, 0.3) is 21.2 Å². The molecule has 0 radical (unpaired) electrons. The molecule has 0 saturated heterocycles. The van der Waals surface area contributed by atoms with Gasteiger partial charge in [0.05, 0.1) is 7.11 Å². The summed E-state index contributed by atoms with van der Waals surface area (Å²) in [5.41, 5.74) is 3.79. The second kappa shape index (κ2) is 5.76. The fourth-order valence-electron chi connectivity index (χ4n) is 3.08. The fourth-order valence-corrected chi connectivity index (χ4v) is 4.05. The summed E-state index contributed by atoms with van der Waals surface area (Å²) in [6, 6.07) is 14.2. The molecule has 0 atom stereocenters.